The number of benzene rings is 1. The van der Waals surface area contributed by atoms with Crippen molar-refractivity contribution in [1.29, 1.82) is 0 Å². The lowest BCUT2D eigenvalue weighted by Crippen LogP contribution is -2.22. The molecule has 2 N–H and O–H groups in total. The highest BCUT2D eigenvalue weighted by atomic mass is 16.3. The Balaban J connectivity index is 1.73. The summed E-state index contributed by atoms with van der Waals surface area (Å²) in [6.45, 7) is 2.37. The average molecular weight is 255 g/mol. The Hall–Kier alpha value is -2.56. The first-order valence-corrected chi connectivity index (χ1v) is 5.99. The van der Waals surface area contributed by atoms with E-state index in [2.05, 4.69) is 15.3 Å². The zero-order chi connectivity index (χ0) is 13.2. The lowest BCUT2D eigenvalue weighted by Gasteiger charge is -1.99. The third-order valence-electron chi connectivity index (χ3n) is 2.85. The normalized spacial score (nSPS) is 10.8. The van der Waals surface area contributed by atoms with Crippen LogP contribution in [0.4, 0.5) is 0 Å². The van der Waals surface area contributed by atoms with Gasteiger partial charge in [-0.1, -0.05) is 6.07 Å². The van der Waals surface area contributed by atoms with E-state index >= 15 is 0 Å². The number of hydrogen-bond acceptors (Lipinski definition) is 3. The first-order chi connectivity index (χ1) is 9.22. The van der Waals surface area contributed by atoms with Crippen molar-refractivity contribution in [2.45, 2.75) is 13.5 Å². The standard InChI is InChI=1S/C14H13N3O2/c1-9-4-5-10-11(7-9)17-13(16-10)8-15-14(18)12-3-2-6-19-12/h2-7H,8H2,1H3,(H,15,18)(H,16,17). The molecule has 96 valence electrons. The molecule has 0 aliphatic heterocycles. The number of imidazole rings is 1. The molecule has 2 aromatic heterocycles. The van der Waals surface area contributed by atoms with Crippen LogP contribution < -0.4 is 5.32 Å². The number of carbonyl (C=O) groups is 1. The molecule has 0 bridgehead atoms. The molecule has 0 saturated carbocycles. The van der Waals surface area contributed by atoms with Crippen molar-refractivity contribution in [3.05, 3.63) is 53.7 Å². The summed E-state index contributed by atoms with van der Waals surface area (Å²) in [6.07, 6.45) is 1.47. The first-order valence-electron chi connectivity index (χ1n) is 5.99. The number of hydrogen-bond donors (Lipinski definition) is 2. The third-order valence-corrected chi connectivity index (χ3v) is 2.85. The largest absolute Gasteiger partial charge is 0.459 e. The van der Waals surface area contributed by atoms with Crippen LogP contribution in [0, 0.1) is 6.92 Å². The van der Waals surface area contributed by atoms with Gasteiger partial charge in [-0.3, -0.25) is 4.79 Å². The van der Waals surface area contributed by atoms with Gasteiger partial charge in [0, 0.05) is 0 Å². The summed E-state index contributed by atoms with van der Waals surface area (Å²) >= 11 is 0. The number of aromatic nitrogens is 2. The number of fused-ring (bicyclic) bond motifs is 1. The Morgan fingerprint density at radius 2 is 2.32 bits per heavy atom. The second-order valence-corrected chi connectivity index (χ2v) is 4.36. The molecule has 0 atom stereocenters. The van der Waals surface area contributed by atoms with Crippen molar-refractivity contribution in [2.75, 3.05) is 0 Å². The first kappa shape index (κ1) is 11.5. The zero-order valence-electron chi connectivity index (χ0n) is 10.4. The topological polar surface area (TPSA) is 70.9 Å². The number of aryl methyl sites for hydroxylation is 1. The highest BCUT2D eigenvalue weighted by molar-refractivity contribution is 5.91. The van der Waals surface area contributed by atoms with Crippen LogP contribution in [0.1, 0.15) is 21.9 Å². The fourth-order valence-corrected chi connectivity index (χ4v) is 1.92. The monoisotopic (exact) mass is 255 g/mol. The van der Waals surface area contributed by atoms with Crippen LogP contribution >= 0.6 is 0 Å². The summed E-state index contributed by atoms with van der Waals surface area (Å²) in [5, 5.41) is 2.75. The maximum atomic E-state index is 11.7. The third kappa shape index (κ3) is 2.35. The summed E-state index contributed by atoms with van der Waals surface area (Å²) in [5.41, 5.74) is 3.04. The van der Waals surface area contributed by atoms with E-state index in [1.165, 1.54) is 11.8 Å². The van der Waals surface area contributed by atoms with Crippen molar-refractivity contribution in [2.24, 2.45) is 0 Å². The van der Waals surface area contributed by atoms with Gasteiger partial charge in [0.05, 0.1) is 23.8 Å². The molecule has 0 spiro atoms. The summed E-state index contributed by atoms with van der Waals surface area (Å²) in [7, 11) is 0. The molecule has 1 amide bonds. The molecule has 3 aromatic rings. The quantitative estimate of drug-likeness (QED) is 0.755. The molecule has 0 fully saturated rings. The Labute approximate surface area is 109 Å². The minimum absolute atomic E-state index is 0.248. The fraction of sp³-hybridized carbons (Fsp3) is 0.143. The summed E-state index contributed by atoms with van der Waals surface area (Å²) in [5.74, 6) is 0.772. The van der Waals surface area contributed by atoms with E-state index < -0.39 is 0 Å². The smallest absolute Gasteiger partial charge is 0.287 e. The zero-order valence-corrected chi connectivity index (χ0v) is 10.4. The van der Waals surface area contributed by atoms with E-state index in [0.717, 1.165) is 16.9 Å². The summed E-state index contributed by atoms with van der Waals surface area (Å²) in [4.78, 5) is 19.3. The molecule has 5 nitrogen and oxygen atoms in total. The minimum Gasteiger partial charge on any atom is -0.459 e. The lowest BCUT2D eigenvalue weighted by molar-refractivity contribution is 0.0922. The molecular weight excluding hydrogens is 242 g/mol. The Morgan fingerprint density at radius 3 is 3.11 bits per heavy atom. The van der Waals surface area contributed by atoms with Crippen LogP contribution in [0.25, 0.3) is 11.0 Å². The number of nitrogens with one attached hydrogen (secondary N) is 2. The molecule has 0 aliphatic rings. The van der Waals surface area contributed by atoms with Crippen LogP contribution in [-0.2, 0) is 6.54 Å². The SMILES string of the molecule is Cc1ccc2nc(CNC(=O)c3ccco3)[nH]c2c1. The van der Waals surface area contributed by atoms with Gasteiger partial charge in [0.25, 0.3) is 5.91 Å². The van der Waals surface area contributed by atoms with Crippen LogP contribution in [0.2, 0.25) is 0 Å². The van der Waals surface area contributed by atoms with Gasteiger partial charge in [0.1, 0.15) is 5.82 Å². The highest BCUT2D eigenvalue weighted by Gasteiger charge is 2.09. The van der Waals surface area contributed by atoms with Crippen molar-refractivity contribution < 1.29 is 9.21 Å². The molecule has 19 heavy (non-hydrogen) atoms. The molecule has 0 saturated heterocycles. The average Bonchev–Trinajstić information content (AvgIpc) is 3.04. The lowest BCUT2D eigenvalue weighted by atomic mass is 10.2. The summed E-state index contributed by atoms with van der Waals surface area (Å²) in [6, 6.07) is 9.30. The number of furan rings is 1. The molecule has 2 heterocycles. The van der Waals surface area contributed by atoms with Crippen molar-refractivity contribution in [3.63, 3.8) is 0 Å². The Kier molecular flexibility index (Phi) is 2.79. The molecule has 0 radical (unpaired) electrons. The van der Waals surface area contributed by atoms with Gasteiger partial charge in [-0.05, 0) is 36.8 Å². The molecule has 3 rings (SSSR count). The maximum absolute atomic E-state index is 11.7. The summed E-state index contributed by atoms with van der Waals surface area (Å²) < 4.78 is 5.02. The maximum Gasteiger partial charge on any atom is 0.287 e. The van der Waals surface area contributed by atoms with Crippen molar-refractivity contribution >= 4 is 16.9 Å². The van der Waals surface area contributed by atoms with E-state index in [-0.39, 0.29) is 5.91 Å². The predicted octanol–water partition coefficient (Wildman–Crippen LogP) is 2.39. The minimum atomic E-state index is -0.248. The molecule has 0 aliphatic carbocycles. The van der Waals surface area contributed by atoms with E-state index in [1.807, 2.05) is 25.1 Å². The van der Waals surface area contributed by atoms with Crippen LogP contribution in [0.5, 0.6) is 0 Å². The van der Waals surface area contributed by atoms with E-state index in [1.54, 1.807) is 12.1 Å². The van der Waals surface area contributed by atoms with Crippen LogP contribution in [0.3, 0.4) is 0 Å². The number of carbonyl (C=O) groups excluding carboxylic acids is 1. The molecule has 1 aromatic carbocycles. The van der Waals surface area contributed by atoms with Gasteiger partial charge in [0.15, 0.2) is 5.76 Å². The number of aromatic amines is 1. The van der Waals surface area contributed by atoms with Gasteiger partial charge in [-0.15, -0.1) is 0 Å². The molecule has 0 unspecified atom stereocenters. The van der Waals surface area contributed by atoms with E-state index in [0.29, 0.717) is 12.3 Å². The van der Waals surface area contributed by atoms with Gasteiger partial charge in [0.2, 0.25) is 0 Å². The van der Waals surface area contributed by atoms with Crippen molar-refractivity contribution in [1.82, 2.24) is 15.3 Å². The van der Waals surface area contributed by atoms with Crippen LogP contribution in [0.15, 0.2) is 41.0 Å². The van der Waals surface area contributed by atoms with Gasteiger partial charge in [-0.2, -0.15) is 0 Å². The van der Waals surface area contributed by atoms with Gasteiger partial charge in [-0.25, -0.2) is 4.98 Å². The second-order valence-electron chi connectivity index (χ2n) is 4.36. The van der Waals surface area contributed by atoms with Gasteiger partial charge >= 0.3 is 0 Å². The predicted molar refractivity (Wildman–Crippen MR) is 70.7 cm³/mol. The number of amides is 1. The van der Waals surface area contributed by atoms with E-state index in [9.17, 15) is 4.79 Å². The number of nitrogens with zero attached hydrogens (tertiary/aromatic N) is 1. The highest BCUT2D eigenvalue weighted by Crippen LogP contribution is 2.13. The fourth-order valence-electron chi connectivity index (χ4n) is 1.92. The number of H-pyrrole nitrogens is 1. The Bertz CT molecular complexity index is 713. The molecular formula is C14H13N3O2. The number of rotatable bonds is 3. The molecule has 5 heteroatoms. The Morgan fingerprint density at radius 1 is 1.42 bits per heavy atom. The second kappa shape index (κ2) is 4.61. The van der Waals surface area contributed by atoms with Crippen LogP contribution in [-0.4, -0.2) is 15.9 Å². The van der Waals surface area contributed by atoms with Gasteiger partial charge < -0.3 is 14.7 Å². The van der Waals surface area contributed by atoms with E-state index in [4.69, 9.17) is 4.42 Å². The van der Waals surface area contributed by atoms with Crippen molar-refractivity contribution in [3.8, 4) is 0 Å².